The van der Waals surface area contributed by atoms with E-state index in [1.54, 1.807) is 7.11 Å². The molecule has 0 spiro atoms. The highest BCUT2D eigenvalue weighted by molar-refractivity contribution is 5.99. The molecule has 1 amide bonds. The Morgan fingerprint density at radius 1 is 1.19 bits per heavy atom. The monoisotopic (exact) mass is 355 g/mol. The molecule has 0 bridgehead atoms. The number of hydrogen-bond donors (Lipinski definition) is 1. The highest BCUT2D eigenvalue weighted by atomic mass is 16.5. The zero-order valence-electron chi connectivity index (χ0n) is 15.8. The standard InChI is InChI=1S/C21H29N3O2/c1-23-18-9-8-17(26-2)12-16(18)13-20(23)21(25)22-14-15-6-5-11-24-10-4-3-7-19(15)24/h8-9,12-13,15,19H,3-7,10-11,14H2,1-2H3,(H,22,25)/t15-,19-/m0/s1. The van der Waals surface area contributed by atoms with Crippen LogP contribution in [0.15, 0.2) is 24.3 Å². The Bertz CT molecular complexity index is 796. The number of amides is 1. The van der Waals surface area contributed by atoms with Crippen LogP contribution in [0.4, 0.5) is 0 Å². The Kier molecular flexibility index (Phi) is 4.90. The van der Waals surface area contributed by atoms with Gasteiger partial charge < -0.3 is 19.5 Å². The fraction of sp³-hybridized carbons (Fsp3) is 0.571. The summed E-state index contributed by atoms with van der Waals surface area (Å²) in [5.74, 6) is 1.42. The van der Waals surface area contributed by atoms with E-state index in [9.17, 15) is 4.79 Å². The SMILES string of the molecule is COc1ccc2c(c1)cc(C(=O)NC[C@@H]1CCCN3CCCC[C@@H]13)n2C. The zero-order chi connectivity index (χ0) is 18.1. The summed E-state index contributed by atoms with van der Waals surface area (Å²) in [6, 6.07) is 8.54. The van der Waals surface area contributed by atoms with Gasteiger partial charge in [-0.1, -0.05) is 6.42 Å². The molecule has 0 unspecified atom stereocenters. The lowest BCUT2D eigenvalue weighted by Crippen LogP contribution is -2.51. The van der Waals surface area contributed by atoms with Crippen LogP contribution in [0.2, 0.25) is 0 Å². The summed E-state index contributed by atoms with van der Waals surface area (Å²) in [5.41, 5.74) is 1.76. The molecule has 2 fully saturated rings. The summed E-state index contributed by atoms with van der Waals surface area (Å²) in [6.07, 6.45) is 6.43. The van der Waals surface area contributed by atoms with E-state index in [-0.39, 0.29) is 5.91 Å². The molecule has 4 rings (SSSR count). The summed E-state index contributed by atoms with van der Waals surface area (Å²) in [4.78, 5) is 15.5. The van der Waals surface area contributed by atoms with Gasteiger partial charge in [-0.15, -0.1) is 0 Å². The molecule has 2 aliphatic rings. The molecule has 140 valence electrons. The number of nitrogens with zero attached hydrogens (tertiary/aromatic N) is 2. The van der Waals surface area contributed by atoms with Crippen molar-refractivity contribution in [3.63, 3.8) is 0 Å². The number of carbonyl (C=O) groups excluding carboxylic acids is 1. The van der Waals surface area contributed by atoms with Crippen LogP contribution < -0.4 is 10.1 Å². The molecule has 2 aliphatic heterocycles. The number of carbonyl (C=O) groups is 1. The van der Waals surface area contributed by atoms with Crippen molar-refractivity contribution >= 4 is 16.8 Å². The number of piperidine rings is 2. The largest absolute Gasteiger partial charge is 0.497 e. The number of ether oxygens (including phenoxy) is 1. The van der Waals surface area contributed by atoms with Gasteiger partial charge in [-0.05, 0) is 69.0 Å². The molecule has 0 aliphatic carbocycles. The van der Waals surface area contributed by atoms with E-state index in [2.05, 4.69) is 10.2 Å². The first-order valence-electron chi connectivity index (χ1n) is 9.83. The molecule has 1 aromatic carbocycles. The summed E-state index contributed by atoms with van der Waals surface area (Å²) in [7, 11) is 3.61. The second-order valence-corrected chi connectivity index (χ2v) is 7.72. The van der Waals surface area contributed by atoms with Gasteiger partial charge in [-0.25, -0.2) is 0 Å². The third kappa shape index (κ3) is 3.20. The van der Waals surface area contributed by atoms with Crippen molar-refractivity contribution in [3.05, 3.63) is 30.0 Å². The van der Waals surface area contributed by atoms with Gasteiger partial charge in [0.1, 0.15) is 11.4 Å². The van der Waals surface area contributed by atoms with Crippen LogP contribution in [-0.4, -0.2) is 48.2 Å². The highest BCUT2D eigenvalue weighted by Crippen LogP contribution is 2.30. The topological polar surface area (TPSA) is 46.5 Å². The highest BCUT2D eigenvalue weighted by Gasteiger charge is 2.33. The predicted molar refractivity (Wildman–Crippen MR) is 104 cm³/mol. The van der Waals surface area contributed by atoms with Gasteiger partial charge in [0.15, 0.2) is 0 Å². The van der Waals surface area contributed by atoms with Crippen molar-refractivity contribution < 1.29 is 9.53 Å². The molecule has 5 heteroatoms. The van der Waals surface area contributed by atoms with E-state index in [0.717, 1.165) is 23.2 Å². The maximum Gasteiger partial charge on any atom is 0.267 e. The minimum atomic E-state index is 0.0237. The minimum Gasteiger partial charge on any atom is -0.497 e. The third-order valence-corrected chi connectivity index (χ3v) is 6.24. The number of benzene rings is 1. The number of rotatable bonds is 4. The van der Waals surface area contributed by atoms with Crippen LogP contribution in [0.5, 0.6) is 5.75 Å². The molecule has 2 saturated heterocycles. The van der Waals surface area contributed by atoms with Crippen molar-refractivity contribution in [3.8, 4) is 5.75 Å². The van der Waals surface area contributed by atoms with E-state index in [4.69, 9.17) is 4.74 Å². The van der Waals surface area contributed by atoms with E-state index in [1.165, 1.54) is 45.2 Å². The van der Waals surface area contributed by atoms with Gasteiger partial charge in [-0.2, -0.15) is 0 Å². The number of aryl methyl sites for hydroxylation is 1. The van der Waals surface area contributed by atoms with Crippen LogP contribution in [0.1, 0.15) is 42.6 Å². The van der Waals surface area contributed by atoms with Crippen molar-refractivity contribution in [2.75, 3.05) is 26.7 Å². The van der Waals surface area contributed by atoms with Gasteiger partial charge in [0, 0.05) is 30.5 Å². The van der Waals surface area contributed by atoms with Gasteiger partial charge in [0.2, 0.25) is 0 Å². The lowest BCUT2D eigenvalue weighted by molar-refractivity contribution is 0.0574. The molecule has 26 heavy (non-hydrogen) atoms. The normalized spacial score (nSPS) is 23.6. The maximum absolute atomic E-state index is 12.8. The average Bonchev–Trinajstić information content (AvgIpc) is 3.02. The van der Waals surface area contributed by atoms with Crippen molar-refractivity contribution in [1.82, 2.24) is 14.8 Å². The second-order valence-electron chi connectivity index (χ2n) is 7.72. The summed E-state index contributed by atoms with van der Waals surface area (Å²) in [6.45, 7) is 3.26. The van der Waals surface area contributed by atoms with Crippen LogP contribution >= 0.6 is 0 Å². The Hall–Kier alpha value is -2.01. The average molecular weight is 355 g/mol. The third-order valence-electron chi connectivity index (χ3n) is 6.24. The predicted octanol–water partition coefficient (Wildman–Crippen LogP) is 3.18. The van der Waals surface area contributed by atoms with Crippen LogP contribution in [0, 0.1) is 5.92 Å². The molecule has 3 heterocycles. The van der Waals surface area contributed by atoms with Crippen LogP contribution in [0.3, 0.4) is 0 Å². The van der Waals surface area contributed by atoms with E-state index < -0.39 is 0 Å². The molecule has 2 atom stereocenters. The molecule has 2 aromatic rings. The van der Waals surface area contributed by atoms with E-state index in [1.807, 2.05) is 35.9 Å². The number of methoxy groups -OCH3 is 1. The minimum absolute atomic E-state index is 0.0237. The summed E-state index contributed by atoms with van der Waals surface area (Å²) in [5, 5.41) is 4.25. The lowest BCUT2D eigenvalue weighted by atomic mass is 9.83. The Labute approximate surface area is 155 Å². The number of fused-ring (bicyclic) bond motifs is 2. The molecule has 5 nitrogen and oxygen atoms in total. The van der Waals surface area contributed by atoms with Crippen LogP contribution in [0.25, 0.3) is 10.9 Å². The van der Waals surface area contributed by atoms with Gasteiger partial charge >= 0.3 is 0 Å². The molecule has 0 radical (unpaired) electrons. The molecular formula is C21H29N3O2. The quantitative estimate of drug-likeness (QED) is 0.916. The maximum atomic E-state index is 12.8. The lowest BCUT2D eigenvalue weighted by Gasteiger charge is -2.44. The molecular weight excluding hydrogens is 326 g/mol. The molecule has 1 aromatic heterocycles. The van der Waals surface area contributed by atoms with Gasteiger partial charge in [-0.3, -0.25) is 4.79 Å². The smallest absolute Gasteiger partial charge is 0.267 e. The molecule has 1 N–H and O–H groups in total. The number of nitrogens with one attached hydrogen (secondary N) is 1. The Balaban J connectivity index is 1.46. The van der Waals surface area contributed by atoms with Crippen molar-refractivity contribution in [1.29, 1.82) is 0 Å². The van der Waals surface area contributed by atoms with Gasteiger partial charge in [0.25, 0.3) is 5.91 Å². The Morgan fingerprint density at radius 3 is 2.88 bits per heavy atom. The van der Waals surface area contributed by atoms with Gasteiger partial charge in [0.05, 0.1) is 7.11 Å². The van der Waals surface area contributed by atoms with E-state index in [0.29, 0.717) is 17.7 Å². The zero-order valence-corrected chi connectivity index (χ0v) is 15.8. The van der Waals surface area contributed by atoms with Crippen molar-refractivity contribution in [2.24, 2.45) is 13.0 Å². The Morgan fingerprint density at radius 2 is 2.04 bits per heavy atom. The number of aromatic nitrogens is 1. The van der Waals surface area contributed by atoms with Crippen LogP contribution in [-0.2, 0) is 7.05 Å². The first-order chi connectivity index (χ1) is 12.7. The molecule has 0 saturated carbocycles. The summed E-state index contributed by atoms with van der Waals surface area (Å²) >= 11 is 0. The summed E-state index contributed by atoms with van der Waals surface area (Å²) < 4.78 is 7.26. The van der Waals surface area contributed by atoms with Crippen molar-refractivity contribution in [2.45, 2.75) is 38.1 Å². The second kappa shape index (κ2) is 7.31. The van der Waals surface area contributed by atoms with E-state index >= 15 is 0 Å². The fourth-order valence-corrected chi connectivity index (χ4v) is 4.80. The first kappa shape index (κ1) is 17.4. The fourth-order valence-electron chi connectivity index (χ4n) is 4.80. The first-order valence-corrected chi connectivity index (χ1v) is 9.83. The number of hydrogen-bond acceptors (Lipinski definition) is 3.